The lowest BCUT2D eigenvalue weighted by atomic mass is 10.1. The summed E-state index contributed by atoms with van der Waals surface area (Å²) >= 11 is 5.75. The van der Waals surface area contributed by atoms with Crippen LogP contribution in [-0.4, -0.2) is 37.0 Å². The van der Waals surface area contributed by atoms with E-state index in [1.165, 1.54) is 17.0 Å². The number of piperidine rings is 1. The molecule has 1 aliphatic heterocycles. The molecule has 20 heavy (non-hydrogen) atoms. The number of amides is 1. The zero-order chi connectivity index (χ0) is 14.5. The average molecular weight is 306 g/mol. The molecule has 0 unspecified atom stereocenters. The number of rotatable bonds is 3. The summed E-state index contributed by atoms with van der Waals surface area (Å²) in [6.45, 7) is 0.328. The van der Waals surface area contributed by atoms with Crippen LogP contribution in [-0.2, 0) is 4.74 Å². The van der Waals surface area contributed by atoms with Gasteiger partial charge in [0.1, 0.15) is 17.7 Å². The van der Waals surface area contributed by atoms with Crippen LogP contribution in [0.4, 0.5) is 13.6 Å². The van der Waals surface area contributed by atoms with Crippen LogP contribution in [0.2, 0.25) is 5.02 Å². The van der Waals surface area contributed by atoms with Crippen LogP contribution in [0.5, 0.6) is 5.75 Å². The van der Waals surface area contributed by atoms with Gasteiger partial charge in [-0.25, -0.2) is 13.6 Å². The Balaban J connectivity index is 1.76. The number of ether oxygens (including phenoxy) is 2. The first kappa shape index (κ1) is 14.8. The molecule has 1 heterocycles. The zero-order valence-corrected chi connectivity index (χ0v) is 11.4. The lowest BCUT2D eigenvalue weighted by Gasteiger charge is -2.27. The van der Waals surface area contributed by atoms with Gasteiger partial charge in [0.05, 0.1) is 5.02 Å². The van der Waals surface area contributed by atoms with Gasteiger partial charge >= 0.3 is 6.09 Å². The molecule has 1 amide bonds. The fraction of sp³-hybridized carbons (Fsp3) is 0.462. The zero-order valence-electron chi connectivity index (χ0n) is 10.7. The molecule has 0 radical (unpaired) electrons. The topological polar surface area (TPSA) is 38.8 Å². The number of benzene rings is 1. The number of carbonyl (C=O) groups is 1. The van der Waals surface area contributed by atoms with Gasteiger partial charge in [-0.2, -0.15) is 0 Å². The summed E-state index contributed by atoms with van der Waals surface area (Å²) < 4.78 is 35.8. The molecule has 0 aromatic heterocycles. The van der Waals surface area contributed by atoms with Crippen LogP contribution >= 0.6 is 11.6 Å². The Morgan fingerprint density at radius 2 is 2.10 bits per heavy atom. The van der Waals surface area contributed by atoms with E-state index in [0.29, 0.717) is 25.9 Å². The van der Waals surface area contributed by atoms with E-state index >= 15 is 0 Å². The van der Waals surface area contributed by atoms with Gasteiger partial charge in [-0.15, -0.1) is 0 Å². The Labute approximate surface area is 120 Å². The Morgan fingerprint density at radius 1 is 1.40 bits per heavy atom. The summed E-state index contributed by atoms with van der Waals surface area (Å²) in [6, 6.07) is 3.64. The maximum atomic E-state index is 12.9. The summed E-state index contributed by atoms with van der Waals surface area (Å²) in [5.74, 6) is -0.253. The highest BCUT2D eigenvalue weighted by Crippen LogP contribution is 2.24. The van der Waals surface area contributed by atoms with Gasteiger partial charge in [0.25, 0.3) is 0 Å². The van der Waals surface area contributed by atoms with Gasteiger partial charge in [-0.05, 0) is 31.0 Å². The first-order valence-corrected chi connectivity index (χ1v) is 6.57. The van der Waals surface area contributed by atoms with Crippen LogP contribution in [0, 0.1) is 5.82 Å². The van der Waals surface area contributed by atoms with Crippen LogP contribution in [0.15, 0.2) is 18.2 Å². The second-order valence-corrected chi connectivity index (χ2v) is 4.82. The molecule has 2 rings (SSSR count). The van der Waals surface area contributed by atoms with E-state index in [0.717, 1.165) is 6.07 Å². The van der Waals surface area contributed by atoms with E-state index in [1.54, 1.807) is 0 Å². The number of likely N-dealkylation sites (tertiary alicyclic amines) is 1. The number of halogens is 3. The van der Waals surface area contributed by atoms with Crippen molar-refractivity contribution in [3.05, 3.63) is 29.0 Å². The largest absolute Gasteiger partial charge is 0.456 e. The lowest BCUT2D eigenvalue weighted by molar-refractivity contribution is 0.0268. The normalized spacial score (nSPS) is 16.1. The van der Waals surface area contributed by atoms with E-state index in [4.69, 9.17) is 21.1 Å². The number of carbonyl (C=O) groups excluding carboxylic acids is 1. The van der Waals surface area contributed by atoms with Gasteiger partial charge < -0.3 is 14.4 Å². The Kier molecular flexibility index (Phi) is 5.00. The molecule has 7 heteroatoms. The van der Waals surface area contributed by atoms with Crippen molar-refractivity contribution >= 4 is 17.7 Å². The third kappa shape index (κ3) is 3.96. The molecule has 1 fully saturated rings. The molecule has 0 bridgehead atoms. The predicted octanol–water partition coefficient (Wildman–Crippen LogP) is 3.39. The Hall–Kier alpha value is -1.56. The molecular weight excluding hydrogens is 292 g/mol. The fourth-order valence-electron chi connectivity index (χ4n) is 1.86. The highest BCUT2D eigenvalue weighted by Gasteiger charge is 2.23. The maximum Gasteiger partial charge on any atom is 0.412 e. The third-order valence-corrected chi connectivity index (χ3v) is 3.27. The fourth-order valence-corrected chi connectivity index (χ4v) is 2.08. The van der Waals surface area contributed by atoms with Crippen LogP contribution in [0.1, 0.15) is 12.8 Å². The number of alkyl halides is 1. The quantitative estimate of drug-likeness (QED) is 0.804. The highest BCUT2D eigenvalue weighted by molar-refractivity contribution is 6.32. The minimum Gasteiger partial charge on any atom is -0.456 e. The number of hydrogen-bond acceptors (Lipinski definition) is 3. The summed E-state index contributed by atoms with van der Waals surface area (Å²) in [4.78, 5) is 13.1. The van der Waals surface area contributed by atoms with Crippen LogP contribution < -0.4 is 4.74 Å². The highest BCUT2D eigenvalue weighted by atomic mass is 35.5. The van der Waals surface area contributed by atoms with Crippen molar-refractivity contribution in [2.24, 2.45) is 0 Å². The maximum absolute atomic E-state index is 12.9. The molecule has 0 atom stereocenters. The minimum atomic E-state index is -0.853. The molecule has 0 saturated carbocycles. The molecule has 0 N–H and O–H groups in total. The van der Waals surface area contributed by atoms with Crippen molar-refractivity contribution in [3.8, 4) is 5.75 Å². The van der Waals surface area contributed by atoms with Gasteiger partial charge in [0.2, 0.25) is 6.79 Å². The Bertz CT molecular complexity index is 479. The molecule has 1 aromatic rings. The summed E-state index contributed by atoms with van der Waals surface area (Å²) in [7, 11) is 0. The molecule has 1 aromatic carbocycles. The second kappa shape index (κ2) is 6.74. The number of nitrogens with zero attached hydrogens (tertiary/aromatic N) is 1. The van der Waals surface area contributed by atoms with Crippen molar-refractivity contribution in [2.75, 3.05) is 19.9 Å². The smallest absolute Gasteiger partial charge is 0.412 e. The van der Waals surface area contributed by atoms with Gasteiger partial charge in [0.15, 0.2) is 0 Å². The summed E-state index contributed by atoms with van der Waals surface area (Å²) in [5, 5.41) is 0.0966. The monoisotopic (exact) mass is 305 g/mol. The van der Waals surface area contributed by atoms with E-state index in [9.17, 15) is 13.6 Å². The molecule has 1 saturated heterocycles. The molecule has 0 aliphatic carbocycles. The molecule has 110 valence electrons. The van der Waals surface area contributed by atoms with Crippen molar-refractivity contribution in [1.82, 2.24) is 4.90 Å². The molecule has 4 nitrogen and oxygen atoms in total. The molecular formula is C13H14ClF2NO3. The van der Waals surface area contributed by atoms with Crippen molar-refractivity contribution in [1.29, 1.82) is 0 Å². The van der Waals surface area contributed by atoms with Gasteiger partial charge in [0, 0.05) is 13.1 Å². The van der Waals surface area contributed by atoms with Crippen molar-refractivity contribution < 1.29 is 23.0 Å². The van der Waals surface area contributed by atoms with E-state index in [1.807, 2.05) is 0 Å². The molecule has 0 spiro atoms. The van der Waals surface area contributed by atoms with E-state index < -0.39 is 18.1 Å². The summed E-state index contributed by atoms with van der Waals surface area (Å²) in [5.41, 5.74) is 0. The lowest BCUT2D eigenvalue weighted by Crippen LogP contribution is -2.39. The van der Waals surface area contributed by atoms with Gasteiger partial charge in [-0.3, -0.25) is 0 Å². The first-order valence-electron chi connectivity index (χ1n) is 6.20. The second-order valence-electron chi connectivity index (χ2n) is 4.41. The van der Waals surface area contributed by atoms with Crippen LogP contribution in [0.25, 0.3) is 0 Å². The third-order valence-electron chi connectivity index (χ3n) is 2.97. The van der Waals surface area contributed by atoms with Crippen molar-refractivity contribution in [2.45, 2.75) is 19.0 Å². The number of hydrogen-bond donors (Lipinski definition) is 0. The summed E-state index contributed by atoms with van der Waals surface area (Å²) in [6.07, 6.45) is -0.775. The van der Waals surface area contributed by atoms with Crippen molar-refractivity contribution in [3.63, 3.8) is 0 Å². The predicted molar refractivity (Wildman–Crippen MR) is 69.1 cm³/mol. The van der Waals surface area contributed by atoms with Crippen LogP contribution in [0.3, 0.4) is 0 Å². The minimum absolute atomic E-state index is 0.0966. The first-order chi connectivity index (χ1) is 9.56. The average Bonchev–Trinajstić information content (AvgIpc) is 2.42. The Morgan fingerprint density at radius 3 is 2.75 bits per heavy atom. The van der Waals surface area contributed by atoms with E-state index in [2.05, 4.69) is 0 Å². The van der Waals surface area contributed by atoms with Gasteiger partial charge in [-0.1, -0.05) is 11.6 Å². The SMILES string of the molecule is O=C(OCOc1ccc(F)cc1Cl)N1CCC(F)CC1. The standard InChI is InChI=1S/C13H14ClF2NO3/c14-11-7-10(16)1-2-12(11)19-8-20-13(18)17-5-3-9(15)4-6-17/h1-2,7,9H,3-6,8H2. The van der Waals surface area contributed by atoms with E-state index in [-0.39, 0.29) is 17.6 Å². The molecule has 1 aliphatic rings.